The number of hydrogen-bond donors (Lipinski definition) is 5. The third kappa shape index (κ3) is 79.2. The van der Waals surface area contributed by atoms with Crippen LogP contribution in [0.2, 0.25) is 0 Å². The van der Waals surface area contributed by atoms with Crippen LogP contribution < -0.4 is 0 Å². The van der Waals surface area contributed by atoms with E-state index < -0.39 is 0 Å². The number of aryl methyl sites for hydroxylation is 3. The second-order valence-electron chi connectivity index (χ2n) is 5.17. The minimum atomic E-state index is 0. The van der Waals surface area contributed by atoms with Crippen LogP contribution in [0.15, 0.2) is 68.0 Å². The molecule has 5 N–H and O–H groups in total. The Labute approximate surface area is 280 Å². The van der Waals surface area contributed by atoms with Crippen molar-refractivity contribution < 1.29 is 0 Å². The second kappa shape index (κ2) is 83.5. The molecule has 5 aromatic heterocycles. The summed E-state index contributed by atoms with van der Waals surface area (Å²) in [5, 5.41) is 28.6. The molecule has 0 bridgehead atoms. The van der Waals surface area contributed by atoms with Crippen molar-refractivity contribution in [1.29, 1.82) is 0 Å². The lowest BCUT2D eigenvalue weighted by Crippen LogP contribution is -1.65. The third-order valence-corrected chi connectivity index (χ3v) is 2.65. The minimum Gasteiger partial charge on any atom is -0.351 e. The fraction of sp³-hybridized carbons (Fsp3) is 0.588. The molecular weight excluding hydrogens is 562 g/mol. The quantitative estimate of drug-likeness (QED) is 0.113. The number of aromatic nitrogens is 11. The Bertz CT molecular complexity index is 702. The van der Waals surface area contributed by atoms with Crippen molar-refractivity contribution in [1.82, 2.24) is 56.0 Å². The van der Waals surface area contributed by atoms with Crippen LogP contribution in [0.25, 0.3) is 0 Å². The fourth-order valence-corrected chi connectivity index (χ4v) is 1.35. The monoisotopic (exact) mass is 642 g/mol. The third-order valence-electron chi connectivity index (χ3n) is 2.65. The topological polar surface area (TPSA) is 156 Å². The summed E-state index contributed by atoms with van der Waals surface area (Å²) in [5.41, 5.74) is 3.39. The van der Waals surface area contributed by atoms with Crippen molar-refractivity contribution in [3.8, 4) is 0 Å². The highest BCUT2D eigenvalue weighted by atomic mass is 15.3. The first-order valence-electron chi connectivity index (χ1n) is 15.3. The van der Waals surface area contributed by atoms with E-state index in [4.69, 9.17) is 0 Å². The van der Waals surface area contributed by atoms with Crippen LogP contribution in [0, 0.1) is 20.8 Å². The summed E-state index contributed by atoms with van der Waals surface area (Å²) in [6.07, 6.45) is 15.3. The van der Waals surface area contributed by atoms with Crippen LogP contribution in [-0.4, -0.2) is 56.0 Å². The van der Waals surface area contributed by atoms with Gasteiger partial charge in [0.05, 0.1) is 24.9 Å². The minimum absolute atomic E-state index is 0. The molecule has 0 radical (unpaired) electrons. The molecule has 5 aromatic rings. The number of hydrogen-bond acceptors (Lipinski definition) is 6. The predicted molar refractivity (Wildman–Crippen MR) is 205 cm³/mol. The molecule has 0 spiro atoms. The molecule has 0 aliphatic heterocycles. The Kier molecular flexibility index (Phi) is 127. The molecule has 0 aliphatic rings. The standard InChI is InChI=1S/3C4H6N2.C3H4N2.C2H3N3.7C2H6.3CH4/c1-4-2-5-6-3-4;2*1-4-2-3-5-6-4;1-2-5-3-4-1;1-2-4-5-3-1;7*1-2;;;/h3*2-3H,1H3,(H,5,6);1-3H,(H,4,5);1-2H,(H,3,4,5);7*1-2H3;3*1H4. The summed E-state index contributed by atoms with van der Waals surface area (Å²) < 4.78 is 0. The molecule has 5 rings (SSSR count). The Balaban J connectivity index is -0.0000000383. The van der Waals surface area contributed by atoms with Crippen molar-refractivity contribution >= 4 is 0 Å². The summed E-state index contributed by atoms with van der Waals surface area (Å²) in [7, 11) is 0. The van der Waals surface area contributed by atoms with Crippen LogP contribution in [-0.2, 0) is 0 Å². The number of nitrogens with one attached hydrogen (secondary N) is 5. The van der Waals surface area contributed by atoms with Gasteiger partial charge in [-0.2, -0.15) is 30.7 Å². The van der Waals surface area contributed by atoms with Gasteiger partial charge in [-0.05, 0) is 38.5 Å². The summed E-state index contributed by atoms with van der Waals surface area (Å²) in [5.74, 6) is 0. The molecule has 0 fully saturated rings. The average Bonchev–Trinajstić information content (AvgIpc) is 3.93. The van der Waals surface area contributed by atoms with Crippen LogP contribution in [0.4, 0.5) is 0 Å². The van der Waals surface area contributed by atoms with Gasteiger partial charge < -0.3 is 4.98 Å². The Morgan fingerprint density at radius 3 is 0.978 bits per heavy atom. The van der Waals surface area contributed by atoms with Gasteiger partial charge >= 0.3 is 0 Å². The van der Waals surface area contributed by atoms with Gasteiger partial charge in [0.25, 0.3) is 0 Å². The van der Waals surface area contributed by atoms with Crippen molar-refractivity contribution in [3.05, 3.63) is 85.0 Å². The largest absolute Gasteiger partial charge is 0.351 e. The Hall–Kier alpha value is -4.02. The van der Waals surface area contributed by atoms with E-state index in [9.17, 15) is 0 Å². The lowest BCUT2D eigenvalue weighted by atomic mass is 10.4. The summed E-state index contributed by atoms with van der Waals surface area (Å²) in [6, 6.07) is 3.83. The number of rotatable bonds is 0. The normalized spacial score (nSPS) is 6.24. The smallest absolute Gasteiger partial charge is 0.0919 e. The lowest BCUT2D eigenvalue weighted by Gasteiger charge is -1.68. The van der Waals surface area contributed by atoms with E-state index in [1.807, 2.05) is 136 Å². The van der Waals surface area contributed by atoms with Gasteiger partial charge in [0.1, 0.15) is 0 Å². The molecule has 11 heteroatoms. The van der Waals surface area contributed by atoms with Gasteiger partial charge in [0, 0.05) is 42.4 Å². The molecular formula is C34H79N11. The van der Waals surface area contributed by atoms with Gasteiger partial charge in [0.2, 0.25) is 0 Å². The SMILES string of the molecule is C.C.C.CC.CC.CC.CC.CC.CC.CC.Cc1ccn[nH]1.Cc1ccn[nH]1.Cc1cn[nH]c1.c1c[nH]cn1.c1cn[nH]n1. The van der Waals surface area contributed by atoms with E-state index in [0.29, 0.717) is 0 Å². The highest BCUT2D eigenvalue weighted by Gasteiger charge is 1.75. The fourth-order valence-electron chi connectivity index (χ4n) is 1.35. The summed E-state index contributed by atoms with van der Waals surface area (Å²) in [6.45, 7) is 33.9. The molecule has 0 unspecified atom stereocenters. The van der Waals surface area contributed by atoms with Gasteiger partial charge in [-0.1, -0.05) is 119 Å². The first kappa shape index (κ1) is 68.2. The highest BCUT2D eigenvalue weighted by molar-refractivity contribution is 4.96. The molecule has 0 saturated heterocycles. The molecule has 45 heavy (non-hydrogen) atoms. The second-order valence-corrected chi connectivity index (χ2v) is 5.17. The molecule has 0 atom stereocenters. The summed E-state index contributed by atoms with van der Waals surface area (Å²) >= 11 is 0. The molecule has 270 valence electrons. The number of nitrogens with zero attached hydrogens (tertiary/aromatic N) is 6. The molecule has 0 saturated carbocycles. The zero-order valence-corrected chi connectivity index (χ0v) is 30.0. The van der Waals surface area contributed by atoms with Crippen molar-refractivity contribution in [2.75, 3.05) is 0 Å². The maximum Gasteiger partial charge on any atom is 0.0919 e. The number of imidazole rings is 1. The maximum atomic E-state index is 3.70. The average molecular weight is 642 g/mol. The van der Waals surface area contributed by atoms with E-state index in [1.54, 1.807) is 49.7 Å². The van der Waals surface area contributed by atoms with Crippen LogP contribution in [0.5, 0.6) is 0 Å². The number of H-pyrrole nitrogens is 5. The number of aromatic amines is 5. The van der Waals surface area contributed by atoms with Crippen molar-refractivity contribution in [2.24, 2.45) is 0 Å². The highest BCUT2D eigenvalue weighted by Crippen LogP contribution is 1.84. The van der Waals surface area contributed by atoms with E-state index in [-0.39, 0.29) is 22.3 Å². The lowest BCUT2D eigenvalue weighted by molar-refractivity contribution is 0.940. The predicted octanol–water partition coefficient (Wildman–Crippen LogP) is 11.5. The molecule has 0 amide bonds. The van der Waals surface area contributed by atoms with E-state index >= 15 is 0 Å². The molecule has 11 nitrogen and oxygen atoms in total. The van der Waals surface area contributed by atoms with E-state index in [0.717, 1.165) is 11.4 Å². The van der Waals surface area contributed by atoms with Gasteiger partial charge in [-0.25, -0.2) is 4.98 Å². The van der Waals surface area contributed by atoms with Crippen LogP contribution in [0.3, 0.4) is 0 Å². The van der Waals surface area contributed by atoms with Crippen LogP contribution in [0.1, 0.15) is 136 Å². The summed E-state index contributed by atoms with van der Waals surface area (Å²) in [4.78, 5) is 6.42. The van der Waals surface area contributed by atoms with E-state index in [2.05, 4.69) is 56.0 Å². The first-order chi connectivity index (χ1) is 20.7. The van der Waals surface area contributed by atoms with Gasteiger partial charge in [-0.3, -0.25) is 15.3 Å². The zero-order valence-electron chi connectivity index (χ0n) is 30.0. The van der Waals surface area contributed by atoms with Crippen molar-refractivity contribution in [2.45, 2.75) is 140 Å². The van der Waals surface area contributed by atoms with Gasteiger partial charge in [0.15, 0.2) is 0 Å². The molecule has 0 aliphatic carbocycles. The van der Waals surface area contributed by atoms with Gasteiger partial charge in [-0.15, -0.1) is 0 Å². The first-order valence-corrected chi connectivity index (χ1v) is 15.3. The molecule has 0 aromatic carbocycles. The van der Waals surface area contributed by atoms with E-state index in [1.165, 1.54) is 5.56 Å². The van der Waals surface area contributed by atoms with Crippen LogP contribution >= 0.6 is 0 Å². The van der Waals surface area contributed by atoms with Crippen molar-refractivity contribution in [3.63, 3.8) is 0 Å². The zero-order chi connectivity index (χ0) is 34.3. The molecule has 5 heterocycles. The Morgan fingerprint density at radius 1 is 0.489 bits per heavy atom. The maximum absolute atomic E-state index is 3.70. The Morgan fingerprint density at radius 2 is 0.889 bits per heavy atom.